The zero-order chi connectivity index (χ0) is 87.4. The molecule has 0 saturated heterocycles. The number of hydrogen-bond donors (Lipinski definition) is 32. The molecule has 0 unspecified atom stereocenters. The van der Waals surface area contributed by atoms with E-state index < -0.39 is 332 Å². The van der Waals surface area contributed by atoms with Gasteiger partial charge in [0.2, 0.25) is 53.2 Å². The second kappa shape index (κ2) is 50.1. The number of hydrogen-bond acceptors (Lipinski definition) is 36. The lowest BCUT2D eigenvalue weighted by molar-refractivity contribution is -0.142. The third kappa shape index (κ3) is 34.2. The molecule has 0 bridgehead atoms. The first-order chi connectivity index (χ1) is 54.5. The van der Waals surface area contributed by atoms with Gasteiger partial charge in [-0.15, -0.1) is 0 Å². The quantitative estimate of drug-likeness (QED) is 0.0233. The van der Waals surface area contributed by atoms with Crippen LogP contribution in [0, 0.1) is 5.92 Å². The van der Waals surface area contributed by atoms with E-state index in [0.717, 1.165) is 0 Å². The van der Waals surface area contributed by atoms with Crippen molar-refractivity contribution >= 4 is 118 Å². The van der Waals surface area contributed by atoms with Crippen molar-refractivity contribution in [1.29, 1.82) is 0 Å². The summed E-state index contributed by atoms with van der Waals surface area (Å²) in [7, 11) is 0. The predicted molar refractivity (Wildman–Crippen MR) is 392 cm³/mol. The number of thiol groups is 1. The fourth-order valence-electron chi connectivity index (χ4n) is 10.5. The number of nitrogens with one attached hydrogen (secondary N) is 11. The van der Waals surface area contributed by atoms with E-state index in [-0.39, 0.29) is 34.9 Å². The van der Waals surface area contributed by atoms with Gasteiger partial charge in [-0.05, 0) is 62.8 Å². The van der Waals surface area contributed by atoms with Crippen LogP contribution in [0.1, 0.15) is 99.5 Å². The highest BCUT2D eigenvalue weighted by molar-refractivity contribution is 7.80. The maximum absolute atomic E-state index is 14.7. The molecule has 3 aromatic rings. The monoisotopic (exact) mass is 1680 g/mol. The summed E-state index contributed by atoms with van der Waals surface area (Å²) in [6, 6.07) is -6.58. The number of Topliss-reactive ketones (excluding diaryl/α,β-unsaturated/α-hetero) is 1. The highest BCUT2D eigenvalue weighted by atomic mass is 32.1. The van der Waals surface area contributed by atoms with E-state index >= 15 is 0 Å². The molecule has 32 N–H and O–H groups in total. The third-order valence-corrected chi connectivity index (χ3v) is 17.8. The lowest BCUT2D eigenvalue weighted by Gasteiger charge is -2.27. The van der Waals surface area contributed by atoms with Crippen LogP contribution in [0.25, 0.3) is 11.2 Å². The van der Waals surface area contributed by atoms with E-state index in [9.17, 15) is 164 Å². The van der Waals surface area contributed by atoms with Gasteiger partial charge in [0.25, 0.3) is 11.5 Å². The maximum Gasteiger partial charge on any atom is 0.327 e. The Morgan fingerprint density at radius 1 is 0.440 bits per heavy atom. The molecule has 116 heavy (non-hydrogen) atoms. The Morgan fingerprint density at radius 3 is 1.23 bits per heavy atom. The Bertz CT molecular complexity index is 3870. The van der Waals surface area contributed by atoms with Gasteiger partial charge in [-0.2, -0.15) is 17.6 Å². The van der Waals surface area contributed by atoms with Crippen molar-refractivity contribution in [1.82, 2.24) is 67.8 Å². The van der Waals surface area contributed by atoms with Crippen LogP contribution in [0.15, 0.2) is 35.3 Å². The van der Waals surface area contributed by atoms with E-state index in [1.54, 1.807) is 0 Å². The summed E-state index contributed by atoms with van der Waals surface area (Å²) >= 11 is 3.87. The molecule has 50 heteroatoms. The number of ketones is 1. The number of carboxylic acids is 4. The predicted octanol–water partition coefficient (Wildman–Crippen LogP) is -13.4. The minimum Gasteiger partial charge on any atom is -0.481 e. The first kappa shape index (κ1) is 99.8. The molecule has 2 aromatic heterocycles. The van der Waals surface area contributed by atoms with Gasteiger partial charge in [0, 0.05) is 87.5 Å². The van der Waals surface area contributed by atoms with E-state index in [4.69, 9.17) is 10.8 Å². The number of aliphatic hydroxyl groups excluding tert-OH is 15. The summed E-state index contributed by atoms with van der Waals surface area (Å²) in [5, 5.41) is 211. The molecule has 0 aliphatic heterocycles. The van der Waals surface area contributed by atoms with Gasteiger partial charge in [0.05, 0.1) is 62.6 Å². The highest BCUT2D eigenvalue weighted by Crippen LogP contribution is 2.20. The summed E-state index contributed by atoms with van der Waals surface area (Å²) in [6.45, 7) is -5.92. The van der Waals surface area contributed by atoms with Crippen LogP contribution in [0.2, 0.25) is 0 Å². The second-order valence-electron chi connectivity index (χ2n) is 26.4. The molecule has 0 radical (unpaired) electrons. The molecule has 0 fully saturated rings. The van der Waals surface area contributed by atoms with Crippen molar-refractivity contribution in [3.05, 3.63) is 52.1 Å². The largest absolute Gasteiger partial charge is 0.481 e. The standard InChI is InChI=1S/C66H99N15O34S/c67-66-80-57-50(63(111)81-66)73-30(19-72-57)18-68-29-4-1-27(2-5-29)58(106)78-35(64(112)113)9-14-47(95)74-31(6-11-44(92)69-20-38(86)51(100)54(103)41(89)23-82)37(85)17-28(3-15-48(96)97)59(107)75-32(7-12-45(93)70-21-39(87)52(101)55(104)42(90)24-83)60(108)77-34(10-16-49(98)99)61(109)76-33(62(110)79-36(26-116)65(114)115)8-13-46(94)71-22-40(88)53(102)56(105)43(91)25-84/h1-2,4-5,19,28,31-36,38-43,51-56,68,82-84,86-91,100-105,116H,3,6-18,20-26H2,(H,69,92)(H,70,93)(H,71,94)(H,74,95)(H,75,107)(H,76,109)(H,77,108)(H,78,106)(H,79,110)(H,96,97)(H,98,99)(H,112,113)(H,114,115)(H3,67,72,80,81,111)/t28-,31-,32-,33-,34+,35+,36+,38+,39-,40-,41+,42+,43+,51+,52+,53+,54+,55+,56+/m0/s1. The highest BCUT2D eigenvalue weighted by Gasteiger charge is 2.38. The Morgan fingerprint density at radius 2 is 0.819 bits per heavy atom. The van der Waals surface area contributed by atoms with Gasteiger partial charge in [0.1, 0.15) is 85.1 Å². The Balaban J connectivity index is 2.05. The molecule has 0 spiro atoms. The van der Waals surface area contributed by atoms with Gasteiger partial charge >= 0.3 is 23.9 Å². The number of rotatable bonds is 56. The van der Waals surface area contributed by atoms with Gasteiger partial charge < -0.3 is 156 Å². The fraction of sp³-hybridized carbons (Fsp3) is 0.606. The van der Waals surface area contributed by atoms with Crippen molar-refractivity contribution in [2.24, 2.45) is 5.92 Å². The zero-order valence-electron chi connectivity index (χ0n) is 61.7. The number of carbonyl (C=O) groups excluding carboxylic acids is 10. The van der Waals surface area contributed by atoms with Crippen LogP contribution in [-0.2, 0) is 68.9 Å². The molecular formula is C66H99N15O34S. The summed E-state index contributed by atoms with van der Waals surface area (Å²) in [5.41, 5.74) is 5.38. The third-order valence-electron chi connectivity index (χ3n) is 17.4. The van der Waals surface area contributed by atoms with Crippen LogP contribution in [0.5, 0.6) is 0 Å². The van der Waals surface area contributed by atoms with Crippen molar-refractivity contribution in [2.75, 3.05) is 56.3 Å². The smallest absolute Gasteiger partial charge is 0.327 e. The van der Waals surface area contributed by atoms with E-state index in [2.05, 4.69) is 80.4 Å². The number of aromatic amines is 1. The Hall–Kier alpha value is -10.4. The number of nitrogens with two attached hydrogens (primary N) is 1. The zero-order valence-corrected chi connectivity index (χ0v) is 62.6. The van der Waals surface area contributed by atoms with Gasteiger partial charge in [0.15, 0.2) is 16.9 Å². The van der Waals surface area contributed by atoms with E-state index in [0.29, 0.717) is 5.69 Å². The van der Waals surface area contributed by atoms with Crippen molar-refractivity contribution in [3.8, 4) is 0 Å². The van der Waals surface area contributed by atoms with Crippen LogP contribution < -0.4 is 64.5 Å². The number of H-pyrrole nitrogens is 1. The SMILES string of the molecule is Nc1nc2ncc(CNc3ccc(C(=O)N[C@H](CCC(=O)N[C@@H](CCC(=O)NC[C@@H](O)[C@@H](O)[C@H](O)[C@H](O)CO)C(=O)C[C@H](CCC(=O)O)C(=O)N[C@@H](CCC(=O)NC[C@H](O)[C@@H](O)[C@H](O)[C@H](O)CO)C(=O)N[C@H](CCC(=O)O)C(=O)N[C@@H](CCC(=O)NC[C@H](O)[C@@H](O)[C@H](O)[C@H](O)CO)C(=O)N[C@H](CS)C(=O)O)C(=O)O)cc3)nc2c(=O)[nH]1. The molecular weight excluding hydrogens is 1580 g/mol. The average molecular weight is 1680 g/mol. The fourth-order valence-corrected chi connectivity index (χ4v) is 10.8. The maximum atomic E-state index is 14.7. The number of fused-ring (bicyclic) bond motifs is 1. The lowest BCUT2D eigenvalue weighted by Crippen LogP contribution is -2.58. The van der Waals surface area contributed by atoms with Crippen LogP contribution in [-0.4, -0.2) is 354 Å². The van der Waals surface area contributed by atoms with Crippen LogP contribution in [0.4, 0.5) is 11.6 Å². The number of nitrogens with zero attached hydrogens (tertiary/aromatic N) is 3. The molecule has 0 saturated carbocycles. The summed E-state index contributed by atoms with van der Waals surface area (Å²) in [4.78, 5) is 214. The summed E-state index contributed by atoms with van der Waals surface area (Å²) in [5.74, 6) is -21.9. The topological polar surface area (TPSA) is 841 Å². The summed E-state index contributed by atoms with van der Waals surface area (Å²) in [6.07, 6.45) is -35.4. The molecule has 49 nitrogen and oxygen atoms in total. The van der Waals surface area contributed by atoms with Crippen molar-refractivity contribution < 1.29 is 164 Å². The lowest BCUT2D eigenvalue weighted by atomic mass is 9.91. The second-order valence-corrected chi connectivity index (χ2v) is 26.7. The van der Waals surface area contributed by atoms with Crippen LogP contribution >= 0.6 is 12.6 Å². The Kier molecular flexibility index (Phi) is 43.1. The molecule has 0 aliphatic rings. The number of aromatic nitrogens is 4. The number of anilines is 2. The van der Waals surface area contributed by atoms with E-state index in [1.807, 2.05) is 5.32 Å². The summed E-state index contributed by atoms with van der Waals surface area (Å²) < 4.78 is 0. The first-order valence-corrected chi connectivity index (χ1v) is 36.2. The first-order valence-electron chi connectivity index (χ1n) is 35.6. The normalized spacial score (nSPS) is 16.3. The number of aliphatic hydroxyl groups is 15. The molecule has 648 valence electrons. The minimum absolute atomic E-state index is 0.00570. The average Bonchev–Trinajstić information content (AvgIpc) is 0.810. The Labute approximate surface area is 661 Å². The minimum atomic E-state index is -2.23. The van der Waals surface area contributed by atoms with Crippen molar-refractivity contribution in [2.45, 2.75) is 200 Å². The number of carboxylic acid groups (broad SMARTS) is 4. The van der Waals surface area contributed by atoms with Gasteiger partial charge in [-0.3, -0.25) is 67.3 Å². The van der Waals surface area contributed by atoms with Crippen molar-refractivity contribution in [3.63, 3.8) is 0 Å². The number of amides is 9. The molecule has 1 aromatic carbocycles. The van der Waals surface area contributed by atoms with Gasteiger partial charge in [-0.1, -0.05) is 0 Å². The number of nitrogen functional groups attached to an aromatic ring is 1. The number of aliphatic carboxylic acids is 4. The molecule has 9 amide bonds. The molecule has 2 heterocycles. The van der Waals surface area contributed by atoms with Crippen LogP contribution in [0.3, 0.4) is 0 Å². The van der Waals surface area contributed by atoms with E-state index in [1.165, 1.54) is 30.5 Å². The molecule has 19 atom stereocenters. The molecule has 3 rings (SSSR count). The molecule has 0 aliphatic carbocycles. The number of benzene rings is 1. The number of carbonyl (C=O) groups is 14. The van der Waals surface area contributed by atoms with Gasteiger partial charge in [-0.25, -0.2) is 19.6 Å².